The Morgan fingerprint density at radius 2 is 2.00 bits per heavy atom. The first-order valence-corrected chi connectivity index (χ1v) is 4.90. The molecule has 1 nitrogen and oxygen atoms in total. The largest absolute Gasteiger partial charge is 0.404 e. The van der Waals surface area contributed by atoms with Gasteiger partial charge in [-0.05, 0) is 37.2 Å². The van der Waals surface area contributed by atoms with Crippen molar-refractivity contribution >= 4 is 11.6 Å². The quantitative estimate of drug-likeness (QED) is 0.818. The van der Waals surface area contributed by atoms with Crippen molar-refractivity contribution < 1.29 is 17.6 Å². The van der Waals surface area contributed by atoms with Crippen molar-refractivity contribution in [3.63, 3.8) is 0 Å². The topological polar surface area (TPSA) is 12.0 Å². The lowest BCUT2D eigenvalue weighted by Crippen LogP contribution is -2.41. The summed E-state index contributed by atoms with van der Waals surface area (Å²) in [6.07, 6.45) is -4.78. The van der Waals surface area contributed by atoms with Crippen molar-refractivity contribution in [2.45, 2.75) is 18.6 Å². The van der Waals surface area contributed by atoms with Crippen LogP contribution in [0.3, 0.4) is 0 Å². The van der Waals surface area contributed by atoms with Crippen molar-refractivity contribution in [1.29, 1.82) is 0 Å². The minimum Gasteiger partial charge on any atom is -0.309 e. The number of hydrogen-bond donors (Lipinski definition) is 1. The lowest BCUT2D eigenvalue weighted by Gasteiger charge is -2.20. The summed E-state index contributed by atoms with van der Waals surface area (Å²) in [5, 5.41) is 2.26. The van der Waals surface area contributed by atoms with Crippen LogP contribution in [0.4, 0.5) is 17.6 Å². The molecule has 0 bridgehead atoms. The van der Waals surface area contributed by atoms with Gasteiger partial charge in [0.05, 0.1) is 0 Å². The maximum absolute atomic E-state index is 12.8. The Hall–Kier alpha value is -0.810. The SMILES string of the molecule is CNC(Cc1cc(F)ccc1Cl)C(F)(F)F. The van der Waals surface area contributed by atoms with Crippen LogP contribution in [0, 0.1) is 5.82 Å². The van der Waals surface area contributed by atoms with E-state index in [1.807, 2.05) is 0 Å². The molecular weight excluding hydrogens is 246 g/mol. The molecule has 0 aliphatic carbocycles. The van der Waals surface area contributed by atoms with Gasteiger partial charge in [0.15, 0.2) is 0 Å². The molecule has 0 radical (unpaired) electrons. The van der Waals surface area contributed by atoms with Crippen LogP contribution in [-0.4, -0.2) is 19.3 Å². The van der Waals surface area contributed by atoms with Crippen LogP contribution in [0.1, 0.15) is 5.56 Å². The summed E-state index contributed by atoms with van der Waals surface area (Å²) >= 11 is 5.69. The van der Waals surface area contributed by atoms with E-state index in [-0.39, 0.29) is 10.6 Å². The molecule has 1 aromatic rings. The van der Waals surface area contributed by atoms with Crippen LogP contribution in [0.25, 0.3) is 0 Å². The highest BCUT2D eigenvalue weighted by molar-refractivity contribution is 6.31. The molecule has 1 unspecified atom stereocenters. The van der Waals surface area contributed by atoms with Crippen LogP contribution in [0.5, 0.6) is 0 Å². The summed E-state index contributed by atoms with van der Waals surface area (Å²) in [7, 11) is 1.20. The molecule has 1 N–H and O–H groups in total. The normalized spacial score (nSPS) is 13.9. The molecule has 0 aromatic heterocycles. The van der Waals surface area contributed by atoms with Crippen LogP contribution in [-0.2, 0) is 6.42 Å². The summed E-state index contributed by atoms with van der Waals surface area (Å²) < 4.78 is 50.2. The van der Waals surface area contributed by atoms with Gasteiger partial charge in [-0.15, -0.1) is 0 Å². The maximum Gasteiger partial charge on any atom is 0.404 e. The Balaban J connectivity index is 2.90. The van der Waals surface area contributed by atoms with E-state index in [9.17, 15) is 17.6 Å². The van der Waals surface area contributed by atoms with E-state index in [1.54, 1.807) is 0 Å². The van der Waals surface area contributed by atoms with Gasteiger partial charge in [-0.3, -0.25) is 0 Å². The summed E-state index contributed by atoms with van der Waals surface area (Å²) in [5.41, 5.74) is 0.137. The highest BCUT2D eigenvalue weighted by Gasteiger charge is 2.38. The molecule has 1 rings (SSSR count). The fraction of sp³-hybridized carbons (Fsp3) is 0.400. The molecule has 0 saturated carbocycles. The number of hydrogen-bond acceptors (Lipinski definition) is 1. The summed E-state index contributed by atoms with van der Waals surface area (Å²) in [6, 6.07) is 1.63. The molecule has 0 aliphatic heterocycles. The number of benzene rings is 1. The molecule has 90 valence electrons. The number of halogens is 5. The average Bonchev–Trinajstić information content (AvgIpc) is 2.17. The van der Waals surface area contributed by atoms with E-state index in [1.165, 1.54) is 13.1 Å². The standard InChI is InChI=1S/C10H10ClF4N/c1-16-9(10(13,14)15)5-6-4-7(12)2-3-8(6)11/h2-4,9,16H,5H2,1H3. The van der Waals surface area contributed by atoms with Crippen LogP contribution >= 0.6 is 11.6 Å². The smallest absolute Gasteiger partial charge is 0.309 e. The maximum atomic E-state index is 12.8. The van der Waals surface area contributed by atoms with E-state index >= 15 is 0 Å². The van der Waals surface area contributed by atoms with Gasteiger partial charge in [0.25, 0.3) is 0 Å². The zero-order chi connectivity index (χ0) is 12.3. The minimum absolute atomic E-state index is 0.130. The molecule has 1 atom stereocenters. The van der Waals surface area contributed by atoms with Gasteiger partial charge in [0.1, 0.15) is 11.9 Å². The molecule has 0 saturated heterocycles. The summed E-state index contributed by atoms with van der Waals surface area (Å²) in [4.78, 5) is 0. The van der Waals surface area contributed by atoms with E-state index in [0.29, 0.717) is 0 Å². The Morgan fingerprint density at radius 1 is 1.38 bits per heavy atom. The number of alkyl halides is 3. The molecule has 0 aliphatic rings. The van der Waals surface area contributed by atoms with Crippen molar-refractivity contribution in [1.82, 2.24) is 5.32 Å². The molecule has 0 heterocycles. The summed E-state index contributed by atoms with van der Waals surface area (Å²) in [5.74, 6) is -0.601. The van der Waals surface area contributed by atoms with Crippen molar-refractivity contribution in [3.8, 4) is 0 Å². The Labute approximate surface area is 95.4 Å². The Morgan fingerprint density at radius 3 is 2.50 bits per heavy atom. The van der Waals surface area contributed by atoms with Gasteiger partial charge in [0, 0.05) is 5.02 Å². The lowest BCUT2D eigenvalue weighted by molar-refractivity contribution is -0.154. The molecule has 0 fully saturated rings. The predicted octanol–water partition coefficient (Wildman–Crippen LogP) is 3.17. The van der Waals surface area contributed by atoms with Crippen LogP contribution < -0.4 is 5.32 Å². The van der Waals surface area contributed by atoms with Gasteiger partial charge >= 0.3 is 6.18 Å². The second kappa shape index (κ2) is 5.01. The van der Waals surface area contributed by atoms with E-state index < -0.39 is 24.5 Å². The van der Waals surface area contributed by atoms with Crippen molar-refractivity contribution in [2.75, 3.05) is 7.05 Å². The van der Waals surface area contributed by atoms with Crippen molar-refractivity contribution in [2.24, 2.45) is 0 Å². The first-order valence-electron chi connectivity index (χ1n) is 4.52. The molecule has 0 spiro atoms. The van der Waals surface area contributed by atoms with Gasteiger partial charge in [-0.2, -0.15) is 13.2 Å². The average molecular weight is 256 g/mol. The van der Waals surface area contributed by atoms with Crippen LogP contribution in [0.15, 0.2) is 18.2 Å². The minimum atomic E-state index is -4.38. The Bertz CT molecular complexity index is 364. The molecule has 0 amide bonds. The zero-order valence-corrected chi connectivity index (χ0v) is 9.16. The number of likely N-dealkylation sites (N-methyl/N-ethyl adjacent to an activating group) is 1. The number of nitrogens with one attached hydrogen (secondary N) is 1. The fourth-order valence-corrected chi connectivity index (χ4v) is 1.50. The van der Waals surface area contributed by atoms with Gasteiger partial charge in [-0.1, -0.05) is 11.6 Å². The second-order valence-electron chi connectivity index (χ2n) is 3.32. The van der Waals surface area contributed by atoms with Gasteiger partial charge < -0.3 is 5.32 Å². The monoisotopic (exact) mass is 255 g/mol. The highest BCUT2D eigenvalue weighted by atomic mass is 35.5. The van der Waals surface area contributed by atoms with Crippen LogP contribution in [0.2, 0.25) is 5.02 Å². The lowest BCUT2D eigenvalue weighted by atomic mass is 10.1. The Kier molecular flexibility index (Phi) is 4.15. The molecule has 1 aromatic carbocycles. The number of rotatable bonds is 3. The molecule has 16 heavy (non-hydrogen) atoms. The summed E-state index contributed by atoms with van der Waals surface area (Å²) in [6.45, 7) is 0. The van der Waals surface area contributed by atoms with Gasteiger partial charge in [0.2, 0.25) is 0 Å². The van der Waals surface area contributed by atoms with Crippen molar-refractivity contribution in [3.05, 3.63) is 34.6 Å². The highest BCUT2D eigenvalue weighted by Crippen LogP contribution is 2.26. The second-order valence-corrected chi connectivity index (χ2v) is 3.73. The first kappa shape index (κ1) is 13.3. The van der Waals surface area contributed by atoms with E-state index in [0.717, 1.165) is 12.1 Å². The third-order valence-corrected chi connectivity index (χ3v) is 2.54. The first-order chi connectivity index (χ1) is 7.34. The molecular formula is C10H10ClF4N. The zero-order valence-electron chi connectivity index (χ0n) is 8.41. The fourth-order valence-electron chi connectivity index (χ4n) is 1.30. The third-order valence-electron chi connectivity index (χ3n) is 2.18. The van der Waals surface area contributed by atoms with E-state index in [4.69, 9.17) is 11.6 Å². The molecule has 6 heteroatoms. The van der Waals surface area contributed by atoms with E-state index in [2.05, 4.69) is 5.32 Å². The van der Waals surface area contributed by atoms with Gasteiger partial charge in [-0.25, -0.2) is 4.39 Å². The third kappa shape index (κ3) is 3.35. The predicted molar refractivity (Wildman–Crippen MR) is 54.0 cm³/mol.